The van der Waals surface area contributed by atoms with Crippen LogP contribution in [0, 0.1) is 5.41 Å². The number of rotatable bonds is 3. The maximum Gasteiger partial charge on any atom is 0.199 e. The summed E-state index contributed by atoms with van der Waals surface area (Å²) in [6.45, 7) is 13.2. The molecule has 5 aromatic rings. The summed E-state index contributed by atoms with van der Waals surface area (Å²) in [6, 6.07) is 24.3. The lowest BCUT2D eigenvalue weighted by Gasteiger charge is -2.20. The van der Waals surface area contributed by atoms with Gasteiger partial charge in [0.05, 0.1) is 11.0 Å². The first-order valence-electron chi connectivity index (χ1n) is 12.2. The predicted molar refractivity (Wildman–Crippen MR) is 147 cm³/mol. The van der Waals surface area contributed by atoms with Crippen molar-refractivity contribution in [1.29, 1.82) is 5.41 Å². The van der Waals surface area contributed by atoms with Crippen LogP contribution >= 0.6 is 0 Å². The molecule has 36 heavy (non-hydrogen) atoms. The lowest BCUT2D eigenvalue weighted by atomic mass is 9.87. The van der Waals surface area contributed by atoms with Gasteiger partial charge in [-0.3, -0.25) is 9.98 Å². The van der Waals surface area contributed by atoms with Crippen molar-refractivity contribution in [3.63, 3.8) is 0 Å². The minimum Gasteiger partial charge on any atom is -0.337 e. The molecule has 0 radical (unpaired) electrons. The van der Waals surface area contributed by atoms with E-state index in [1.807, 2.05) is 53.1 Å². The standard InChI is InChI=1S/C30H32N6/c1-29(2,3)19-11-15-21(16-12-19)32-26-25(31)36(22-17-13-20(14-18-22)30(4,5)6)28-27(35-26)33-23-9-7-8-10-24(23)34-28/h7-18,31H,1-6H3,(H,32,33,35). The van der Waals surface area contributed by atoms with Gasteiger partial charge in [0, 0.05) is 11.4 Å². The Morgan fingerprint density at radius 1 is 0.667 bits per heavy atom. The Balaban J connectivity index is 1.69. The summed E-state index contributed by atoms with van der Waals surface area (Å²) in [7, 11) is 0. The van der Waals surface area contributed by atoms with Gasteiger partial charge in [-0.1, -0.05) is 77.9 Å². The molecule has 2 aromatic heterocycles. The van der Waals surface area contributed by atoms with E-state index in [2.05, 4.69) is 71.1 Å². The molecule has 182 valence electrons. The first-order valence-corrected chi connectivity index (χ1v) is 12.2. The van der Waals surface area contributed by atoms with E-state index in [1.165, 1.54) is 11.1 Å². The number of nitrogens with zero attached hydrogens (tertiary/aromatic N) is 4. The molecule has 5 rings (SSSR count). The summed E-state index contributed by atoms with van der Waals surface area (Å²) in [6.07, 6.45) is 0. The molecule has 0 saturated carbocycles. The molecule has 0 atom stereocenters. The maximum absolute atomic E-state index is 9.11. The highest BCUT2D eigenvalue weighted by Gasteiger charge is 2.17. The first-order chi connectivity index (χ1) is 17.0. The predicted octanol–water partition coefficient (Wildman–Crippen LogP) is 6.79. The molecule has 0 aliphatic carbocycles. The van der Waals surface area contributed by atoms with E-state index in [-0.39, 0.29) is 16.3 Å². The average molecular weight is 477 g/mol. The minimum absolute atomic E-state index is 0.0369. The van der Waals surface area contributed by atoms with Crippen LogP contribution in [-0.2, 0) is 10.8 Å². The van der Waals surface area contributed by atoms with Gasteiger partial charge in [-0.2, -0.15) is 0 Å². The molecular formula is C30H32N6. The molecule has 0 aliphatic rings. The van der Waals surface area contributed by atoms with E-state index < -0.39 is 0 Å². The fourth-order valence-corrected chi connectivity index (χ4v) is 4.22. The van der Waals surface area contributed by atoms with E-state index in [1.54, 1.807) is 0 Å². The average Bonchev–Trinajstić information content (AvgIpc) is 2.83. The Morgan fingerprint density at radius 3 is 1.75 bits per heavy atom. The van der Waals surface area contributed by atoms with Crippen molar-refractivity contribution in [2.75, 3.05) is 5.32 Å². The van der Waals surface area contributed by atoms with Gasteiger partial charge in [-0.25, -0.2) is 15.0 Å². The Labute approximate surface area is 211 Å². The molecule has 0 fully saturated rings. The van der Waals surface area contributed by atoms with Gasteiger partial charge in [0.15, 0.2) is 22.6 Å². The normalized spacial score (nSPS) is 12.3. The monoisotopic (exact) mass is 476 g/mol. The van der Waals surface area contributed by atoms with E-state index >= 15 is 0 Å². The number of para-hydroxylation sites is 2. The van der Waals surface area contributed by atoms with Crippen LogP contribution in [0.4, 0.5) is 11.5 Å². The Bertz CT molecular complexity index is 1620. The Morgan fingerprint density at radius 2 is 1.19 bits per heavy atom. The van der Waals surface area contributed by atoms with Crippen molar-refractivity contribution in [3.8, 4) is 5.69 Å². The van der Waals surface area contributed by atoms with Crippen molar-refractivity contribution in [2.24, 2.45) is 0 Å². The zero-order valence-corrected chi connectivity index (χ0v) is 21.7. The Hall–Kier alpha value is -4.06. The van der Waals surface area contributed by atoms with Gasteiger partial charge in [-0.15, -0.1) is 0 Å². The number of anilines is 2. The number of hydrogen-bond donors (Lipinski definition) is 2. The van der Waals surface area contributed by atoms with Gasteiger partial charge in [-0.05, 0) is 58.4 Å². The fraction of sp³-hybridized carbons (Fsp3) is 0.267. The van der Waals surface area contributed by atoms with Crippen molar-refractivity contribution in [1.82, 2.24) is 19.5 Å². The van der Waals surface area contributed by atoms with Crippen molar-refractivity contribution >= 4 is 33.8 Å². The Kier molecular flexibility index (Phi) is 5.62. The van der Waals surface area contributed by atoms with Crippen LogP contribution in [0.3, 0.4) is 0 Å². The molecule has 0 amide bonds. The van der Waals surface area contributed by atoms with Crippen LogP contribution < -0.4 is 10.8 Å². The summed E-state index contributed by atoms with van der Waals surface area (Å²) in [5.41, 5.74) is 7.08. The van der Waals surface area contributed by atoms with Gasteiger partial charge in [0.2, 0.25) is 0 Å². The van der Waals surface area contributed by atoms with Crippen molar-refractivity contribution in [2.45, 2.75) is 52.4 Å². The number of hydrogen-bond acceptors (Lipinski definition) is 5. The van der Waals surface area contributed by atoms with Crippen molar-refractivity contribution < 1.29 is 0 Å². The van der Waals surface area contributed by atoms with E-state index in [9.17, 15) is 0 Å². The van der Waals surface area contributed by atoms with E-state index in [0.29, 0.717) is 17.1 Å². The quantitative estimate of drug-likeness (QED) is 0.281. The lowest BCUT2D eigenvalue weighted by Crippen LogP contribution is -2.25. The summed E-state index contributed by atoms with van der Waals surface area (Å²) in [5, 5.41) is 12.5. The van der Waals surface area contributed by atoms with Crippen LogP contribution in [-0.4, -0.2) is 19.5 Å². The smallest absolute Gasteiger partial charge is 0.199 e. The largest absolute Gasteiger partial charge is 0.337 e. The SMILES string of the molecule is CC(C)(C)c1ccc(Nc2nc3nc4ccccc4nc3n(-c3ccc(C(C)(C)C)cc3)c2=N)cc1. The highest BCUT2D eigenvalue weighted by atomic mass is 15.2. The zero-order valence-electron chi connectivity index (χ0n) is 21.7. The molecule has 6 heteroatoms. The summed E-state index contributed by atoms with van der Waals surface area (Å²) < 4.78 is 1.82. The third kappa shape index (κ3) is 4.47. The van der Waals surface area contributed by atoms with Gasteiger partial charge < -0.3 is 5.32 Å². The maximum atomic E-state index is 9.11. The molecule has 3 aromatic carbocycles. The molecule has 6 nitrogen and oxygen atoms in total. The zero-order chi connectivity index (χ0) is 25.7. The number of aromatic nitrogens is 4. The number of benzene rings is 3. The van der Waals surface area contributed by atoms with Gasteiger partial charge in [0.25, 0.3) is 0 Å². The first kappa shape index (κ1) is 23.7. The molecular weight excluding hydrogens is 444 g/mol. The molecule has 0 saturated heterocycles. The van der Waals surface area contributed by atoms with Crippen LogP contribution in [0.5, 0.6) is 0 Å². The second kappa shape index (κ2) is 8.55. The van der Waals surface area contributed by atoms with Gasteiger partial charge >= 0.3 is 0 Å². The third-order valence-corrected chi connectivity index (χ3v) is 6.42. The second-order valence-corrected chi connectivity index (χ2v) is 11.3. The van der Waals surface area contributed by atoms with Crippen LogP contribution in [0.1, 0.15) is 52.7 Å². The summed E-state index contributed by atoms with van der Waals surface area (Å²) in [5.74, 6) is 0.426. The molecule has 2 N–H and O–H groups in total. The topological polar surface area (TPSA) is 79.5 Å². The molecule has 0 spiro atoms. The van der Waals surface area contributed by atoms with Gasteiger partial charge in [0.1, 0.15) is 0 Å². The summed E-state index contributed by atoms with van der Waals surface area (Å²) >= 11 is 0. The fourth-order valence-electron chi connectivity index (χ4n) is 4.22. The van der Waals surface area contributed by atoms with Crippen LogP contribution in [0.25, 0.3) is 28.0 Å². The van der Waals surface area contributed by atoms with Crippen LogP contribution in [0.15, 0.2) is 72.8 Å². The number of nitrogens with one attached hydrogen (secondary N) is 2. The van der Waals surface area contributed by atoms with Crippen molar-refractivity contribution in [3.05, 3.63) is 89.4 Å². The number of fused-ring (bicyclic) bond motifs is 2. The molecule has 0 bridgehead atoms. The molecule has 2 heterocycles. The molecule has 0 aliphatic heterocycles. The lowest BCUT2D eigenvalue weighted by molar-refractivity contribution is 0.590. The highest BCUT2D eigenvalue weighted by molar-refractivity contribution is 5.84. The summed E-state index contributed by atoms with van der Waals surface area (Å²) in [4.78, 5) is 14.4. The van der Waals surface area contributed by atoms with Crippen LogP contribution in [0.2, 0.25) is 0 Å². The van der Waals surface area contributed by atoms with E-state index in [4.69, 9.17) is 20.4 Å². The van der Waals surface area contributed by atoms with E-state index in [0.717, 1.165) is 22.4 Å². The molecule has 0 unspecified atom stereocenters. The third-order valence-electron chi connectivity index (χ3n) is 6.42. The second-order valence-electron chi connectivity index (χ2n) is 11.3. The minimum atomic E-state index is 0.0369. The highest BCUT2D eigenvalue weighted by Crippen LogP contribution is 2.26.